The molecule has 2 heterocycles. The van der Waals surface area contributed by atoms with Crippen LogP contribution in [0.3, 0.4) is 0 Å². The first kappa shape index (κ1) is 9.25. The van der Waals surface area contributed by atoms with Gasteiger partial charge in [0.2, 0.25) is 0 Å². The molecule has 2 aromatic rings. The SMILES string of the molecule is CCC(C)c1cnc2c(ccn2C)c1. The molecule has 0 aromatic carbocycles. The van der Waals surface area contributed by atoms with Crippen LogP contribution in [0.5, 0.6) is 0 Å². The van der Waals surface area contributed by atoms with E-state index in [0.717, 1.165) is 5.65 Å². The van der Waals surface area contributed by atoms with E-state index >= 15 is 0 Å². The van der Waals surface area contributed by atoms with Gasteiger partial charge in [0.1, 0.15) is 5.65 Å². The Bertz CT molecular complexity index is 443. The highest BCUT2D eigenvalue weighted by Gasteiger charge is 2.05. The summed E-state index contributed by atoms with van der Waals surface area (Å²) < 4.78 is 2.05. The highest BCUT2D eigenvalue weighted by atomic mass is 15.0. The van der Waals surface area contributed by atoms with Crippen molar-refractivity contribution < 1.29 is 0 Å². The molecule has 2 heteroatoms. The van der Waals surface area contributed by atoms with E-state index in [1.807, 2.05) is 13.2 Å². The zero-order valence-electron chi connectivity index (χ0n) is 8.99. The fraction of sp³-hybridized carbons (Fsp3) is 0.417. The Morgan fingerprint density at radius 2 is 2.29 bits per heavy atom. The molecule has 2 rings (SSSR count). The predicted molar refractivity (Wildman–Crippen MR) is 59.4 cm³/mol. The number of rotatable bonds is 2. The molecule has 0 bridgehead atoms. The number of fused-ring (bicyclic) bond motifs is 1. The second-order valence-electron chi connectivity index (χ2n) is 3.92. The van der Waals surface area contributed by atoms with Crippen LogP contribution in [0.2, 0.25) is 0 Å². The summed E-state index contributed by atoms with van der Waals surface area (Å²) in [5.74, 6) is 0.604. The summed E-state index contributed by atoms with van der Waals surface area (Å²) in [4.78, 5) is 4.47. The van der Waals surface area contributed by atoms with Crippen molar-refractivity contribution in [3.8, 4) is 0 Å². The van der Waals surface area contributed by atoms with E-state index in [2.05, 4.69) is 41.7 Å². The summed E-state index contributed by atoms with van der Waals surface area (Å²) in [6.45, 7) is 4.45. The van der Waals surface area contributed by atoms with Crippen LogP contribution in [0.4, 0.5) is 0 Å². The molecule has 2 nitrogen and oxygen atoms in total. The molecule has 1 atom stereocenters. The second kappa shape index (κ2) is 3.45. The van der Waals surface area contributed by atoms with Crippen LogP contribution in [0, 0.1) is 0 Å². The summed E-state index contributed by atoms with van der Waals surface area (Å²) in [5.41, 5.74) is 2.41. The number of nitrogens with zero attached hydrogens (tertiary/aromatic N) is 2. The molecule has 74 valence electrons. The Kier molecular flexibility index (Phi) is 2.28. The lowest BCUT2D eigenvalue weighted by Gasteiger charge is -2.08. The number of hydrogen-bond donors (Lipinski definition) is 0. The average molecular weight is 188 g/mol. The molecule has 2 aromatic heterocycles. The van der Waals surface area contributed by atoms with Gasteiger partial charge >= 0.3 is 0 Å². The highest BCUT2D eigenvalue weighted by Crippen LogP contribution is 2.21. The standard InChI is InChI=1S/C12H16N2/c1-4-9(2)11-7-10-5-6-14(3)12(10)13-8-11/h5-9H,4H2,1-3H3. The van der Waals surface area contributed by atoms with E-state index in [-0.39, 0.29) is 0 Å². The molecule has 1 unspecified atom stereocenters. The maximum absolute atomic E-state index is 4.47. The van der Waals surface area contributed by atoms with E-state index in [1.54, 1.807) is 0 Å². The van der Waals surface area contributed by atoms with E-state index in [9.17, 15) is 0 Å². The van der Waals surface area contributed by atoms with Gasteiger partial charge in [0.05, 0.1) is 0 Å². The first-order chi connectivity index (χ1) is 6.72. The number of pyridine rings is 1. The largest absolute Gasteiger partial charge is 0.336 e. The molecule has 0 saturated heterocycles. The molecular formula is C12H16N2. The van der Waals surface area contributed by atoms with Crippen LogP contribution in [-0.4, -0.2) is 9.55 Å². The smallest absolute Gasteiger partial charge is 0.139 e. The molecule has 0 radical (unpaired) electrons. The average Bonchev–Trinajstić information content (AvgIpc) is 2.59. The Hall–Kier alpha value is -1.31. The van der Waals surface area contributed by atoms with Gasteiger partial charge in [-0.05, 0) is 30.0 Å². The van der Waals surface area contributed by atoms with Gasteiger partial charge in [0, 0.05) is 24.8 Å². The number of hydrogen-bond acceptors (Lipinski definition) is 1. The summed E-state index contributed by atoms with van der Waals surface area (Å²) in [7, 11) is 2.03. The third-order valence-corrected chi connectivity index (χ3v) is 2.91. The van der Waals surface area contributed by atoms with Crippen LogP contribution < -0.4 is 0 Å². The van der Waals surface area contributed by atoms with Gasteiger partial charge in [0.15, 0.2) is 0 Å². The Labute approximate surface area is 84.6 Å². The Morgan fingerprint density at radius 3 is 3.00 bits per heavy atom. The van der Waals surface area contributed by atoms with Crippen LogP contribution in [0.25, 0.3) is 11.0 Å². The summed E-state index contributed by atoms with van der Waals surface area (Å²) in [6, 6.07) is 4.37. The maximum Gasteiger partial charge on any atom is 0.139 e. The van der Waals surface area contributed by atoms with Gasteiger partial charge in [-0.3, -0.25) is 0 Å². The van der Waals surface area contributed by atoms with Crippen molar-refractivity contribution >= 4 is 11.0 Å². The predicted octanol–water partition coefficient (Wildman–Crippen LogP) is 3.09. The zero-order valence-corrected chi connectivity index (χ0v) is 8.99. The minimum atomic E-state index is 0.604. The molecule has 0 spiro atoms. The van der Waals surface area contributed by atoms with E-state index < -0.39 is 0 Å². The molecule has 14 heavy (non-hydrogen) atoms. The molecule has 0 aliphatic heterocycles. The second-order valence-corrected chi connectivity index (χ2v) is 3.92. The van der Waals surface area contributed by atoms with Crippen molar-refractivity contribution in [3.63, 3.8) is 0 Å². The minimum absolute atomic E-state index is 0.604. The quantitative estimate of drug-likeness (QED) is 0.708. The molecule has 0 aliphatic rings. The van der Waals surface area contributed by atoms with Crippen molar-refractivity contribution in [2.45, 2.75) is 26.2 Å². The van der Waals surface area contributed by atoms with Crippen LogP contribution in [-0.2, 0) is 7.05 Å². The lowest BCUT2D eigenvalue weighted by molar-refractivity contribution is 0.731. The van der Waals surface area contributed by atoms with Crippen LogP contribution in [0.15, 0.2) is 24.5 Å². The monoisotopic (exact) mass is 188 g/mol. The van der Waals surface area contributed by atoms with Gasteiger partial charge < -0.3 is 4.57 Å². The van der Waals surface area contributed by atoms with Gasteiger partial charge in [0.25, 0.3) is 0 Å². The Morgan fingerprint density at radius 1 is 1.50 bits per heavy atom. The normalized spacial score (nSPS) is 13.4. The number of aryl methyl sites for hydroxylation is 1. The van der Waals surface area contributed by atoms with E-state index in [4.69, 9.17) is 0 Å². The maximum atomic E-state index is 4.47. The molecular weight excluding hydrogens is 172 g/mol. The summed E-state index contributed by atoms with van der Waals surface area (Å²) >= 11 is 0. The molecule has 0 saturated carbocycles. The van der Waals surface area contributed by atoms with Gasteiger partial charge in [-0.25, -0.2) is 4.98 Å². The molecule has 0 amide bonds. The van der Waals surface area contributed by atoms with Gasteiger partial charge in [-0.2, -0.15) is 0 Å². The van der Waals surface area contributed by atoms with Crippen LogP contribution >= 0.6 is 0 Å². The van der Waals surface area contributed by atoms with Gasteiger partial charge in [-0.15, -0.1) is 0 Å². The first-order valence-corrected chi connectivity index (χ1v) is 5.13. The third-order valence-electron chi connectivity index (χ3n) is 2.91. The molecule has 0 N–H and O–H groups in total. The third kappa shape index (κ3) is 1.41. The van der Waals surface area contributed by atoms with Crippen molar-refractivity contribution in [1.82, 2.24) is 9.55 Å². The topological polar surface area (TPSA) is 17.8 Å². The zero-order chi connectivity index (χ0) is 10.1. The summed E-state index contributed by atoms with van der Waals surface area (Å²) in [5, 5.41) is 1.24. The lowest BCUT2D eigenvalue weighted by Crippen LogP contribution is -1.94. The van der Waals surface area contributed by atoms with Gasteiger partial charge in [-0.1, -0.05) is 13.8 Å². The van der Waals surface area contributed by atoms with Crippen molar-refractivity contribution in [3.05, 3.63) is 30.1 Å². The minimum Gasteiger partial charge on any atom is -0.336 e. The fourth-order valence-corrected chi connectivity index (χ4v) is 1.68. The Balaban J connectivity index is 2.52. The van der Waals surface area contributed by atoms with Crippen molar-refractivity contribution in [1.29, 1.82) is 0 Å². The molecule has 0 aliphatic carbocycles. The van der Waals surface area contributed by atoms with Crippen molar-refractivity contribution in [2.75, 3.05) is 0 Å². The van der Waals surface area contributed by atoms with Crippen LogP contribution in [0.1, 0.15) is 31.7 Å². The van der Waals surface area contributed by atoms with E-state index in [1.165, 1.54) is 17.4 Å². The highest BCUT2D eigenvalue weighted by molar-refractivity contribution is 5.76. The number of aromatic nitrogens is 2. The molecule has 0 fully saturated rings. The van der Waals surface area contributed by atoms with E-state index in [0.29, 0.717) is 5.92 Å². The van der Waals surface area contributed by atoms with Crippen molar-refractivity contribution in [2.24, 2.45) is 7.05 Å². The first-order valence-electron chi connectivity index (χ1n) is 5.13. The summed E-state index contributed by atoms with van der Waals surface area (Å²) in [6.07, 6.45) is 5.22. The fourth-order valence-electron chi connectivity index (χ4n) is 1.68. The lowest BCUT2D eigenvalue weighted by atomic mass is 10.00.